The Morgan fingerprint density at radius 1 is 1.33 bits per heavy atom. The van der Waals surface area contributed by atoms with Crippen molar-refractivity contribution < 1.29 is 19.5 Å². The van der Waals surface area contributed by atoms with Crippen LogP contribution in [0.15, 0.2) is 23.1 Å². The quantitative estimate of drug-likeness (QED) is 0.856. The van der Waals surface area contributed by atoms with Crippen LogP contribution in [0.25, 0.3) is 0 Å². The average Bonchev–Trinajstić information content (AvgIpc) is 2.73. The molecule has 24 heavy (non-hydrogen) atoms. The zero-order valence-electron chi connectivity index (χ0n) is 13.4. The molecule has 2 unspecified atom stereocenters. The van der Waals surface area contributed by atoms with Crippen LogP contribution in [-0.2, 0) is 9.59 Å². The van der Waals surface area contributed by atoms with Crippen molar-refractivity contribution in [3.05, 3.63) is 23.8 Å². The van der Waals surface area contributed by atoms with Gasteiger partial charge in [0.25, 0.3) is 5.91 Å². The average molecular weight is 348 g/mol. The van der Waals surface area contributed by atoms with Crippen molar-refractivity contribution in [3.63, 3.8) is 0 Å². The predicted molar refractivity (Wildman–Crippen MR) is 91.2 cm³/mol. The third-order valence-corrected chi connectivity index (χ3v) is 5.46. The fraction of sp³-hybridized carbons (Fsp3) is 0.471. The fourth-order valence-corrected chi connectivity index (χ4v) is 4.17. The smallest absolute Gasteiger partial charge is 0.308 e. The molecule has 2 aliphatic heterocycles. The number of aliphatic carboxylic acids is 1. The van der Waals surface area contributed by atoms with Gasteiger partial charge in [0.05, 0.1) is 11.6 Å². The van der Waals surface area contributed by atoms with Gasteiger partial charge in [0, 0.05) is 35.7 Å². The van der Waals surface area contributed by atoms with Gasteiger partial charge in [-0.2, -0.15) is 0 Å². The zero-order valence-corrected chi connectivity index (χ0v) is 14.3. The summed E-state index contributed by atoms with van der Waals surface area (Å²) in [5.41, 5.74) is 1.14. The number of nitrogens with one attached hydrogen (secondary N) is 1. The lowest BCUT2D eigenvalue weighted by atomic mass is 9.90. The summed E-state index contributed by atoms with van der Waals surface area (Å²) in [7, 11) is 0. The Kier molecular flexibility index (Phi) is 4.80. The molecule has 6 nitrogen and oxygen atoms in total. The molecule has 2 amide bonds. The van der Waals surface area contributed by atoms with Crippen molar-refractivity contribution in [1.29, 1.82) is 0 Å². The minimum absolute atomic E-state index is 0.0524. The predicted octanol–water partition coefficient (Wildman–Crippen LogP) is 2.30. The molecule has 2 atom stereocenters. The fourth-order valence-electron chi connectivity index (χ4n) is 3.23. The summed E-state index contributed by atoms with van der Waals surface area (Å²) in [6.45, 7) is 2.75. The molecule has 0 spiro atoms. The van der Waals surface area contributed by atoms with Gasteiger partial charge in [0.2, 0.25) is 5.91 Å². The molecule has 1 aromatic rings. The lowest BCUT2D eigenvalue weighted by Crippen LogP contribution is -2.45. The molecule has 1 saturated heterocycles. The number of piperidine rings is 1. The van der Waals surface area contributed by atoms with E-state index in [9.17, 15) is 19.5 Å². The van der Waals surface area contributed by atoms with Gasteiger partial charge in [0.1, 0.15) is 0 Å². The van der Waals surface area contributed by atoms with Gasteiger partial charge in [-0.1, -0.05) is 6.92 Å². The van der Waals surface area contributed by atoms with Crippen molar-refractivity contribution in [2.75, 3.05) is 24.2 Å². The molecule has 1 aromatic carbocycles. The van der Waals surface area contributed by atoms with Crippen LogP contribution in [-0.4, -0.2) is 46.6 Å². The minimum Gasteiger partial charge on any atom is -0.481 e. The van der Waals surface area contributed by atoms with Crippen LogP contribution in [0.5, 0.6) is 0 Å². The number of thioether (sulfide) groups is 1. The maximum absolute atomic E-state index is 12.8. The first kappa shape index (κ1) is 16.8. The Labute approximate surface area is 144 Å². The standard InChI is InChI=1S/C17H20N2O4S/c1-10-6-12(17(22)23)9-19(8-10)16(21)11-2-3-14-13(7-11)18-15(20)4-5-24-14/h2-3,7,10,12H,4-6,8-9H2,1H3,(H,18,20)(H,22,23). The van der Waals surface area contributed by atoms with Crippen molar-refractivity contribution >= 4 is 35.2 Å². The number of fused-ring (bicyclic) bond motifs is 1. The number of carboxylic acid groups (broad SMARTS) is 1. The highest BCUT2D eigenvalue weighted by atomic mass is 32.2. The number of hydrogen-bond acceptors (Lipinski definition) is 4. The van der Waals surface area contributed by atoms with Crippen LogP contribution in [0, 0.1) is 11.8 Å². The molecule has 0 saturated carbocycles. The van der Waals surface area contributed by atoms with Gasteiger partial charge in [-0.25, -0.2) is 0 Å². The van der Waals surface area contributed by atoms with E-state index in [0.717, 1.165) is 10.6 Å². The summed E-state index contributed by atoms with van der Waals surface area (Å²) in [5.74, 6) is -0.739. The first-order chi connectivity index (χ1) is 11.4. The SMILES string of the molecule is CC1CC(C(=O)O)CN(C(=O)c2ccc3c(c2)NC(=O)CCS3)C1. The Balaban J connectivity index is 1.82. The van der Waals surface area contributed by atoms with Crippen LogP contribution < -0.4 is 5.32 Å². The highest BCUT2D eigenvalue weighted by Gasteiger charge is 2.32. The second-order valence-corrected chi connectivity index (χ2v) is 7.58. The number of nitrogens with zero attached hydrogens (tertiary/aromatic N) is 1. The third kappa shape index (κ3) is 3.56. The van der Waals surface area contributed by atoms with Gasteiger partial charge >= 0.3 is 5.97 Å². The Morgan fingerprint density at radius 3 is 2.88 bits per heavy atom. The van der Waals surface area contributed by atoms with E-state index in [0.29, 0.717) is 30.6 Å². The molecule has 0 bridgehead atoms. The largest absolute Gasteiger partial charge is 0.481 e. The normalized spacial score (nSPS) is 23.9. The number of carbonyl (C=O) groups is 3. The molecule has 128 valence electrons. The summed E-state index contributed by atoms with van der Waals surface area (Å²) < 4.78 is 0. The molecular weight excluding hydrogens is 328 g/mol. The molecular formula is C17H20N2O4S. The van der Waals surface area contributed by atoms with Crippen LogP contribution >= 0.6 is 11.8 Å². The summed E-state index contributed by atoms with van der Waals surface area (Å²) in [4.78, 5) is 38.3. The molecule has 0 aromatic heterocycles. The summed E-state index contributed by atoms with van der Waals surface area (Å²) in [6, 6.07) is 5.30. The molecule has 7 heteroatoms. The van der Waals surface area contributed by atoms with Crippen molar-refractivity contribution in [2.45, 2.75) is 24.7 Å². The number of hydrogen-bond donors (Lipinski definition) is 2. The number of amides is 2. The van der Waals surface area contributed by atoms with E-state index in [1.165, 1.54) is 0 Å². The highest BCUT2D eigenvalue weighted by Crippen LogP contribution is 2.32. The lowest BCUT2D eigenvalue weighted by molar-refractivity contribution is -0.143. The second kappa shape index (κ2) is 6.84. The van der Waals surface area contributed by atoms with Crippen LogP contribution in [0.1, 0.15) is 30.1 Å². The molecule has 1 fully saturated rings. The van der Waals surface area contributed by atoms with E-state index in [1.807, 2.05) is 13.0 Å². The van der Waals surface area contributed by atoms with E-state index in [2.05, 4.69) is 5.32 Å². The summed E-state index contributed by atoms with van der Waals surface area (Å²) in [6.07, 6.45) is 1.04. The van der Waals surface area contributed by atoms with Crippen LogP contribution in [0.4, 0.5) is 5.69 Å². The number of rotatable bonds is 2. The van der Waals surface area contributed by atoms with Crippen molar-refractivity contribution in [2.24, 2.45) is 11.8 Å². The topological polar surface area (TPSA) is 86.7 Å². The van der Waals surface area contributed by atoms with Gasteiger partial charge in [-0.15, -0.1) is 11.8 Å². The van der Waals surface area contributed by atoms with E-state index >= 15 is 0 Å². The van der Waals surface area contributed by atoms with E-state index in [-0.39, 0.29) is 24.3 Å². The van der Waals surface area contributed by atoms with Gasteiger partial charge in [-0.3, -0.25) is 14.4 Å². The van der Waals surface area contributed by atoms with E-state index in [1.54, 1.807) is 28.8 Å². The number of anilines is 1. The van der Waals surface area contributed by atoms with Gasteiger partial charge < -0.3 is 15.3 Å². The van der Waals surface area contributed by atoms with Crippen LogP contribution in [0.3, 0.4) is 0 Å². The molecule has 3 rings (SSSR count). The maximum atomic E-state index is 12.8. The Hall–Kier alpha value is -2.02. The Bertz CT molecular complexity index is 691. The number of benzene rings is 1. The lowest BCUT2D eigenvalue weighted by Gasteiger charge is -2.34. The van der Waals surface area contributed by atoms with E-state index in [4.69, 9.17) is 0 Å². The molecule has 2 heterocycles. The Morgan fingerprint density at radius 2 is 2.12 bits per heavy atom. The summed E-state index contributed by atoms with van der Waals surface area (Å²) >= 11 is 1.59. The highest BCUT2D eigenvalue weighted by molar-refractivity contribution is 7.99. The summed E-state index contributed by atoms with van der Waals surface area (Å²) in [5, 5.41) is 12.1. The monoisotopic (exact) mass is 348 g/mol. The number of likely N-dealkylation sites (tertiary alicyclic amines) is 1. The molecule has 0 aliphatic carbocycles. The van der Waals surface area contributed by atoms with Crippen molar-refractivity contribution in [3.8, 4) is 0 Å². The molecule has 0 radical (unpaired) electrons. The van der Waals surface area contributed by atoms with Crippen molar-refractivity contribution in [1.82, 2.24) is 4.90 Å². The minimum atomic E-state index is -0.857. The zero-order chi connectivity index (χ0) is 17.3. The molecule has 2 N–H and O–H groups in total. The second-order valence-electron chi connectivity index (χ2n) is 6.44. The third-order valence-electron chi connectivity index (χ3n) is 4.38. The molecule has 2 aliphatic rings. The number of carbonyl (C=O) groups excluding carboxylic acids is 2. The van der Waals surface area contributed by atoms with Gasteiger partial charge in [-0.05, 0) is 30.5 Å². The maximum Gasteiger partial charge on any atom is 0.308 e. The van der Waals surface area contributed by atoms with E-state index < -0.39 is 11.9 Å². The number of carboxylic acids is 1. The van der Waals surface area contributed by atoms with Crippen LogP contribution in [0.2, 0.25) is 0 Å². The first-order valence-electron chi connectivity index (χ1n) is 8.03. The first-order valence-corrected chi connectivity index (χ1v) is 9.01. The van der Waals surface area contributed by atoms with Gasteiger partial charge in [0.15, 0.2) is 0 Å².